The van der Waals surface area contributed by atoms with Gasteiger partial charge in [-0.15, -0.1) is 0 Å². The lowest BCUT2D eigenvalue weighted by molar-refractivity contribution is 0.129. The molecule has 1 aromatic rings. The van der Waals surface area contributed by atoms with Crippen molar-refractivity contribution in [2.45, 2.75) is 13.5 Å². The number of hydrogen-bond donors (Lipinski definition) is 1. The van der Waals surface area contributed by atoms with Crippen LogP contribution in [0, 0.1) is 0 Å². The fourth-order valence-electron chi connectivity index (χ4n) is 1.32. The molecule has 1 heterocycles. The maximum Gasteiger partial charge on any atom is 0.268 e. The molecule has 0 aliphatic rings. The third-order valence-electron chi connectivity index (χ3n) is 2.48. The summed E-state index contributed by atoms with van der Waals surface area (Å²) >= 11 is 0. The predicted molar refractivity (Wildman–Crippen MR) is 67.3 cm³/mol. The molecule has 0 amide bonds. The number of nitrogens with two attached hydrogens (primary N) is 1. The first kappa shape index (κ1) is 13.7. The lowest BCUT2D eigenvalue weighted by Crippen LogP contribution is -2.27. The first-order valence-electron chi connectivity index (χ1n) is 5.75. The Labute approximate surface area is 101 Å². The van der Waals surface area contributed by atoms with E-state index in [1.165, 1.54) is 4.68 Å². The Balaban J connectivity index is 2.60. The van der Waals surface area contributed by atoms with E-state index >= 15 is 0 Å². The Morgan fingerprint density at radius 1 is 1.53 bits per heavy atom. The van der Waals surface area contributed by atoms with Crippen molar-refractivity contribution in [3.05, 3.63) is 22.6 Å². The summed E-state index contributed by atoms with van der Waals surface area (Å²) < 4.78 is 6.60. The Morgan fingerprint density at radius 3 is 2.88 bits per heavy atom. The van der Waals surface area contributed by atoms with Crippen molar-refractivity contribution in [2.75, 3.05) is 38.3 Å². The maximum absolute atomic E-state index is 11.7. The number of hydrogen-bond acceptors (Lipinski definition) is 5. The van der Waals surface area contributed by atoms with Crippen LogP contribution in [0.3, 0.4) is 0 Å². The van der Waals surface area contributed by atoms with E-state index in [0.717, 1.165) is 12.2 Å². The van der Waals surface area contributed by atoms with Crippen LogP contribution in [-0.4, -0.2) is 43.1 Å². The van der Waals surface area contributed by atoms with Gasteiger partial charge in [0.1, 0.15) is 0 Å². The highest BCUT2D eigenvalue weighted by Gasteiger charge is 2.02. The van der Waals surface area contributed by atoms with Gasteiger partial charge in [-0.3, -0.25) is 4.79 Å². The summed E-state index contributed by atoms with van der Waals surface area (Å²) in [5, 5.41) is 4.10. The number of nitrogens with zero attached hydrogens (tertiary/aromatic N) is 3. The van der Waals surface area contributed by atoms with E-state index in [1.54, 1.807) is 12.3 Å². The summed E-state index contributed by atoms with van der Waals surface area (Å²) in [5.41, 5.74) is 6.01. The van der Waals surface area contributed by atoms with Gasteiger partial charge >= 0.3 is 0 Å². The Bertz CT molecular complexity index is 391. The molecule has 0 aromatic carbocycles. The van der Waals surface area contributed by atoms with Crippen LogP contribution in [0.2, 0.25) is 0 Å². The van der Waals surface area contributed by atoms with Crippen LogP contribution in [0.1, 0.15) is 6.92 Å². The van der Waals surface area contributed by atoms with Gasteiger partial charge in [0.25, 0.3) is 5.56 Å². The second kappa shape index (κ2) is 7.03. The van der Waals surface area contributed by atoms with Crippen LogP contribution >= 0.6 is 0 Å². The standard InChI is InChI=1S/C11H20N4O2/c1-3-14(2)10-8-11(16)15(13-9-10)5-7-17-6-4-12/h8-9H,3-7,12H2,1-2H3. The van der Waals surface area contributed by atoms with Crippen molar-refractivity contribution in [1.82, 2.24) is 9.78 Å². The summed E-state index contributed by atoms with van der Waals surface area (Å²) in [4.78, 5) is 13.7. The van der Waals surface area contributed by atoms with Crippen LogP contribution < -0.4 is 16.2 Å². The summed E-state index contributed by atoms with van der Waals surface area (Å²) in [6, 6.07) is 1.58. The fourth-order valence-corrected chi connectivity index (χ4v) is 1.32. The number of anilines is 1. The zero-order valence-electron chi connectivity index (χ0n) is 10.4. The SMILES string of the molecule is CCN(C)c1cnn(CCOCCN)c(=O)c1. The van der Waals surface area contributed by atoms with Gasteiger partial charge in [0.15, 0.2) is 0 Å². The summed E-state index contributed by atoms with van der Waals surface area (Å²) in [7, 11) is 1.92. The molecule has 0 saturated carbocycles. The van der Waals surface area contributed by atoms with Crippen molar-refractivity contribution < 1.29 is 4.74 Å². The fraction of sp³-hybridized carbons (Fsp3) is 0.636. The molecule has 1 rings (SSSR count). The van der Waals surface area contributed by atoms with E-state index in [2.05, 4.69) is 5.10 Å². The van der Waals surface area contributed by atoms with Gasteiger partial charge in [-0.05, 0) is 6.92 Å². The Kier molecular flexibility index (Phi) is 5.65. The number of ether oxygens (including phenoxy) is 1. The van der Waals surface area contributed by atoms with Gasteiger partial charge in [-0.1, -0.05) is 0 Å². The summed E-state index contributed by atoms with van der Waals surface area (Å²) in [5.74, 6) is 0. The second-order valence-electron chi connectivity index (χ2n) is 3.69. The molecule has 0 aliphatic carbocycles. The van der Waals surface area contributed by atoms with Gasteiger partial charge in [0.2, 0.25) is 0 Å². The minimum atomic E-state index is -0.112. The number of rotatable bonds is 7. The molecule has 0 bridgehead atoms. The highest BCUT2D eigenvalue weighted by Crippen LogP contribution is 2.05. The molecular formula is C11H20N4O2. The molecule has 0 fully saturated rings. The molecule has 0 saturated heterocycles. The van der Waals surface area contributed by atoms with Crippen LogP contribution in [0.5, 0.6) is 0 Å². The Morgan fingerprint density at radius 2 is 2.29 bits per heavy atom. The molecule has 0 unspecified atom stereocenters. The molecule has 96 valence electrons. The lowest BCUT2D eigenvalue weighted by atomic mass is 10.4. The average Bonchev–Trinajstić information content (AvgIpc) is 2.35. The third kappa shape index (κ3) is 4.16. The zero-order chi connectivity index (χ0) is 12.7. The largest absolute Gasteiger partial charge is 0.378 e. The number of aromatic nitrogens is 2. The quantitative estimate of drug-likeness (QED) is 0.661. The van der Waals surface area contributed by atoms with E-state index in [1.807, 2.05) is 18.9 Å². The van der Waals surface area contributed by atoms with Gasteiger partial charge in [0.05, 0.1) is 31.6 Å². The van der Waals surface area contributed by atoms with Gasteiger partial charge < -0.3 is 15.4 Å². The zero-order valence-corrected chi connectivity index (χ0v) is 10.4. The van der Waals surface area contributed by atoms with Crippen molar-refractivity contribution in [2.24, 2.45) is 5.73 Å². The molecule has 0 spiro atoms. The average molecular weight is 240 g/mol. The highest BCUT2D eigenvalue weighted by atomic mass is 16.5. The molecule has 0 radical (unpaired) electrons. The molecule has 17 heavy (non-hydrogen) atoms. The van der Waals surface area contributed by atoms with E-state index in [4.69, 9.17) is 10.5 Å². The van der Waals surface area contributed by atoms with E-state index in [9.17, 15) is 4.79 Å². The van der Waals surface area contributed by atoms with Gasteiger partial charge in [-0.25, -0.2) is 4.68 Å². The molecule has 0 atom stereocenters. The van der Waals surface area contributed by atoms with Crippen molar-refractivity contribution in [1.29, 1.82) is 0 Å². The molecule has 1 aromatic heterocycles. The van der Waals surface area contributed by atoms with Crippen LogP contribution in [0.4, 0.5) is 5.69 Å². The molecule has 6 heteroatoms. The van der Waals surface area contributed by atoms with Crippen LogP contribution in [0.25, 0.3) is 0 Å². The highest BCUT2D eigenvalue weighted by molar-refractivity contribution is 5.41. The summed E-state index contributed by atoms with van der Waals surface area (Å²) in [6.45, 7) is 4.76. The third-order valence-corrected chi connectivity index (χ3v) is 2.48. The van der Waals surface area contributed by atoms with Gasteiger partial charge in [-0.2, -0.15) is 5.10 Å². The molecule has 6 nitrogen and oxygen atoms in total. The van der Waals surface area contributed by atoms with E-state index in [-0.39, 0.29) is 5.56 Å². The smallest absolute Gasteiger partial charge is 0.268 e. The molecular weight excluding hydrogens is 220 g/mol. The van der Waals surface area contributed by atoms with Gasteiger partial charge in [0, 0.05) is 26.2 Å². The van der Waals surface area contributed by atoms with Crippen LogP contribution in [-0.2, 0) is 11.3 Å². The predicted octanol–water partition coefficient (Wildman–Crippen LogP) is -0.325. The molecule has 2 N–H and O–H groups in total. The Hall–Kier alpha value is -1.40. The minimum Gasteiger partial charge on any atom is -0.378 e. The first-order valence-corrected chi connectivity index (χ1v) is 5.75. The van der Waals surface area contributed by atoms with Crippen molar-refractivity contribution >= 4 is 5.69 Å². The van der Waals surface area contributed by atoms with Crippen molar-refractivity contribution in [3.63, 3.8) is 0 Å². The van der Waals surface area contributed by atoms with E-state index in [0.29, 0.717) is 26.3 Å². The lowest BCUT2D eigenvalue weighted by Gasteiger charge is -2.16. The summed E-state index contributed by atoms with van der Waals surface area (Å²) in [6.07, 6.45) is 1.69. The normalized spacial score (nSPS) is 10.5. The first-order chi connectivity index (χ1) is 8.19. The monoisotopic (exact) mass is 240 g/mol. The topological polar surface area (TPSA) is 73.4 Å². The van der Waals surface area contributed by atoms with Crippen molar-refractivity contribution in [3.8, 4) is 0 Å². The van der Waals surface area contributed by atoms with Crippen LogP contribution in [0.15, 0.2) is 17.1 Å². The van der Waals surface area contributed by atoms with E-state index < -0.39 is 0 Å². The minimum absolute atomic E-state index is 0.112. The second-order valence-corrected chi connectivity index (χ2v) is 3.69. The maximum atomic E-state index is 11.7. The molecule has 0 aliphatic heterocycles.